The number of aliphatic hydroxyl groups is 1. The lowest BCUT2D eigenvalue weighted by atomic mass is 10.2. The molecule has 52 valence electrons. The predicted octanol–water partition coefficient (Wildman–Crippen LogP) is 2.80. The van der Waals surface area contributed by atoms with Crippen LogP contribution in [0, 0.1) is 0 Å². The molecule has 1 heteroatoms. The van der Waals surface area contributed by atoms with Gasteiger partial charge in [0.05, 0.1) is 5.76 Å². The van der Waals surface area contributed by atoms with Gasteiger partial charge in [0.1, 0.15) is 0 Å². The smallest absolute Gasteiger partial charge is 0.0883 e. The maximum Gasteiger partial charge on any atom is 0.0883 e. The monoisotopic (exact) mass is 126 g/mol. The van der Waals surface area contributed by atoms with Gasteiger partial charge < -0.3 is 5.11 Å². The van der Waals surface area contributed by atoms with E-state index >= 15 is 0 Å². The molecule has 1 N–H and O–H groups in total. The minimum Gasteiger partial charge on any atom is -0.513 e. The Hall–Kier alpha value is -0.720. The van der Waals surface area contributed by atoms with Crippen LogP contribution < -0.4 is 0 Å². The van der Waals surface area contributed by atoms with Crippen molar-refractivity contribution in [3.8, 4) is 0 Å². The highest BCUT2D eigenvalue weighted by Gasteiger charge is 1.90. The number of aliphatic hydroxyl groups excluding tert-OH is 1. The third-order valence-electron chi connectivity index (χ3n) is 1.14. The topological polar surface area (TPSA) is 20.2 Å². The van der Waals surface area contributed by atoms with Crippen LogP contribution in [0.15, 0.2) is 24.0 Å². The molecule has 1 nitrogen and oxygen atoms in total. The summed E-state index contributed by atoms with van der Waals surface area (Å²) in [5.74, 6) is 0.456. The predicted molar refractivity (Wildman–Crippen MR) is 40.4 cm³/mol. The fourth-order valence-electron chi connectivity index (χ4n) is 0.486. The van der Waals surface area contributed by atoms with E-state index in [1.807, 2.05) is 13.8 Å². The molecule has 9 heavy (non-hydrogen) atoms. The third kappa shape index (κ3) is 5.15. The van der Waals surface area contributed by atoms with Crippen LogP contribution in [-0.2, 0) is 0 Å². The largest absolute Gasteiger partial charge is 0.513 e. The fourth-order valence-corrected chi connectivity index (χ4v) is 0.486. The first-order valence-corrected chi connectivity index (χ1v) is 3.15. The first kappa shape index (κ1) is 8.28. The molecule has 0 aliphatic heterocycles. The highest BCUT2D eigenvalue weighted by atomic mass is 16.3. The van der Waals surface area contributed by atoms with Gasteiger partial charge in [0, 0.05) is 6.42 Å². The quantitative estimate of drug-likeness (QED) is 0.455. The van der Waals surface area contributed by atoms with E-state index in [9.17, 15) is 0 Å². The Morgan fingerprint density at radius 2 is 2.11 bits per heavy atom. The van der Waals surface area contributed by atoms with Gasteiger partial charge in [-0.05, 0) is 26.3 Å². The van der Waals surface area contributed by atoms with Crippen LogP contribution in [0.5, 0.6) is 0 Å². The lowest BCUT2D eigenvalue weighted by Gasteiger charge is -1.96. The van der Waals surface area contributed by atoms with Crippen molar-refractivity contribution in [2.45, 2.75) is 26.7 Å². The molecule has 0 saturated heterocycles. The van der Waals surface area contributed by atoms with Crippen LogP contribution in [0.2, 0.25) is 0 Å². The van der Waals surface area contributed by atoms with Crippen LogP contribution in [0.1, 0.15) is 26.7 Å². The highest BCUT2D eigenvalue weighted by Crippen LogP contribution is 2.05. The molecule has 0 heterocycles. The molecule has 0 aliphatic rings. The summed E-state index contributed by atoms with van der Waals surface area (Å²) in [7, 11) is 0. The first-order valence-electron chi connectivity index (χ1n) is 3.15. The van der Waals surface area contributed by atoms with E-state index in [-0.39, 0.29) is 0 Å². The normalized spacial score (nSPS) is 11.6. The van der Waals surface area contributed by atoms with E-state index < -0.39 is 0 Å². The summed E-state index contributed by atoms with van der Waals surface area (Å²) in [6.07, 6.45) is 3.32. The van der Waals surface area contributed by atoms with E-state index in [0.29, 0.717) is 5.76 Å². The Morgan fingerprint density at radius 1 is 1.56 bits per heavy atom. The van der Waals surface area contributed by atoms with Gasteiger partial charge in [0.15, 0.2) is 0 Å². The Morgan fingerprint density at radius 3 is 2.44 bits per heavy atom. The molecule has 0 radical (unpaired) electrons. The van der Waals surface area contributed by atoms with Gasteiger partial charge in [-0.2, -0.15) is 0 Å². The summed E-state index contributed by atoms with van der Waals surface area (Å²) in [6, 6.07) is 0. The number of rotatable bonds is 3. The molecule has 0 amide bonds. The minimum absolute atomic E-state index is 0.456. The Balaban J connectivity index is 3.39. The minimum atomic E-state index is 0.456. The van der Waals surface area contributed by atoms with Crippen LogP contribution >= 0.6 is 0 Å². The summed E-state index contributed by atoms with van der Waals surface area (Å²) >= 11 is 0. The molecule has 0 bridgehead atoms. The number of hydrogen-bond donors (Lipinski definition) is 1. The van der Waals surface area contributed by atoms with Gasteiger partial charge in [0.2, 0.25) is 0 Å². The summed E-state index contributed by atoms with van der Waals surface area (Å²) < 4.78 is 0. The van der Waals surface area contributed by atoms with Crippen LogP contribution in [0.3, 0.4) is 0 Å². The molecule has 0 rings (SSSR count). The second kappa shape index (κ2) is 4.19. The van der Waals surface area contributed by atoms with Crippen LogP contribution in [0.25, 0.3) is 0 Å². The van der Waals surface area contributed by atoms with Crippen molar-refractivity contribution < 1.29 is 5.11 Å². The number of allylic oxidation sites excluding steroid dienone is 3. The van der Waals surface area contributed by atoms with Crippen molar-refractivity contribution in [1.82, 2.24) is 0 Å². The standard InChI is InChI=1S/C8H14O/c1-4-8(9)6-5-7(2)3/h4,9H,2,5-6H2,1,3H3/b8-4+. The van der Waals surface area contributed by atoms with E-state index in [2.05, 4.69) is 6.58 Å². The van der Waals surface area contributed by atoms with Crippen LogP contribution in [-0.4, -0.2) is 5.11 Å². The summed E-state index contributed by atoms with van der Waals surface area (Å²) in [4.78, 5) is 0. The molecule has 0 aromatic heterocycles. The van der Waals surface area contributed by atoms with E-state index in [0.717, 1.165) is 18.4 Å². The maximum absolute atomic E-state index is 8.93. The Bertz CT molecular complexity index is 123. The second-order valence-electron chi connectivity index (χ2n) is 2.24. The Labute approximate surface area is 56.7 Å². The maximum atomic E-state index is 8.93. The van der Waals surface area contributed by atoms with Crippen molar-refractivity contribution in [3.05, 3.63) is 24.0 Å². The fraction of sp³-hybridized carbons (Fsp3) is 0.500. The number of hydrogen-bond acceptors (Lipinski definition) is 1. The summed E-state index contributed by atoms with van der Waals surface area (Å²) in [5, 5.41) is 8.93. The molecule has 0 fully saturated rings. The van der Waals surface area contributed by atoms with Crippen molar-refractivity contribution in [1.29, 1.82) is 0 Å². The van der Waals surface area contributed by atoms with Crippen molar-refractivity contribution >= 4 is 0 Å². The van der Waals surface area contributed by atoms with E-state index in [1.54, 1.807) is 6.08 Å². The Kier molecular flexibility index (Phi) is 3.85. The molecule has 0 saturated carbocycles. The summed E-state index contributed by atoms with van der Waals surface area (Å²) in [6.45, 7) is 7.51. The molecular weight excluding hydrogens is 112 g/mol. The van der Waals surface area contributed by atoms with E-state index in [1.165, 1.54) is 0 Å². The van der Waals surface area contributed by atoms with Gasteiger partial charge >= 0.3 is 0 Å². The first-order chi connectivity index (χ1) is 4.16. The second-order valence-corrected chi connectivity index (χ2v) is 2.24. The average Bonchev–Trinajstić information content (AvgIpc) is 1.83. The van der Waals surface area contributed by atoms with Gasteiger partial charge in [-0.3, -0.25) is 0 Å². The van der Waals surface area contributed by atoms with Gasteiger partial charge in [-0.15, -0.1) is 6.58 Å². The highest BCUT2D eigenvalue weighted by molar-refractivity contribution is 4.95. The zero-order valence-corrected chi connectivity index (χ0v) is 6.15. The molecular formula is C8H14O. The lowest BCUT2D eigenvalue weighted by Crippen LogP contribution is -1.80. The zero-order chi connectivity index (χ0) is 7.28. The molecule has 0 spiro atoms. The molecule has 0 unspecified atom stereocenters. The van der Waals surface area contributed by atoms with Gasteiger partial charge in [-0.25, -0.2) is 0 Å². The zero-order valence-electron chi connectivity index (χ0n) is 6.15. The van der Waals surface area contributed by atoms with Crippen LogP contribution in [0.4, 0.5) is 0 Å². The lowest BCUT2D eigenvalue weighted by molar-refractivity contribution is 0.387. The third-order valence-corrected chi connectivity index (χ3v) is 1.14. The van der Waals surface area contributed by atoms with E-state index in [4.69, 9.17) is 5.11 Å². The molecule has 0 atom stereocenters. The SMILES string of the molecule is C=C(C)CC/C(O)=C\C. The average molecular weight is 126 g/mol. The summed E-state index contributed by atoms with van der Waals surface area (Å²) in [5.41, 5.74) is 1.11. The van der Waals surface area contributed by atoms with Crippen molar-refractivity contribution in [3.63, 3.8) is 0 Å². The van der Waals surface area contributed by atoms with Gasteiger partial charge in [0.25, 0.3) is 0 Å². The molecule has 0 aliphatic carbocycles. The van der Waals surface area contributed by atoms with Crippen molar-refractivity contribution in [2.75, 3.05) is 0 Å². The molecule has 0 aromatic carbocycles. The van der Waals surface area contributed by atoms with Gasteiger partial charge in [-0.1, -0.05) is 5.57 Å². The van der Waals surface area contributed by atoms with Crippen molar-refractivity contribution in [2.24, 2.45) is 0 Å². The molecule has 0 aromatic rings.